The third kappa shape index (κ3) is 3.48. The first-order chi connectivity index (χ1) is 9.86. The summed E-state index contributed by atoms with van der Waals surface area (Å²) in [6.07, 6.45) is 1.23. The molecular weight excluding hydrogens is 319 g/mol. The lowest BCUT2D eigenvalue weighted by Crippen LogP contribution is -2.41. The topological polar surface area (TPSA) is 72.6 Å². The first kappa shape index (κ1) is 16.5. The van der Waals surface area contributed by atoms with Gasteiger partial charge in [-0.15, -0.1) is 0 Å². The summed E-state index contributed by atoms with van der Waals surface area (Å²) in [6, 6.07) is 2.29. The average Bonchev–Trinajstić information content (AvgIpc) is 2.43. The molecule has 0 saturated carbocycles. The molecule has 8 heteroatoms. The summed E-state index contributed by atoms with van der Waals surface area (Å²) < 4.78 is 45.8. The van der Waals surface area contributed by atoms with E-state index in [9.17, 15) is 12.8 Å². The molecule has 1 saturated heterocycles. The number of nitrogen functional groups attached to an aromatic ring is 1. The molecule has 1 fully saturated rings. The molecule has 0 unspecified atom stereocenters. The molecule has 1 aliphatic heterocycles. The molecule has 1 aromatic carbocycles. The van der Waals surface area contributed by atoms with Gasteiger partial charge in [0.1, 0.15) is 4.90 Å². The van der Waals surface area contributed by atoms with Crippen LogP contribution in [0.15, 0.2) is 17.0 Å². The minimum Gasteiger partial charge on any atom is -0.396 e. The van der Waals surface area contributed by atoms with Crippen molar-refractivity contribution in [3.8, 4) is 0 Å². The fourth-order valence-electron chi connectivity index (χ4n) is 2.39. The second kappa shape index (κ2) is 6.48. The number of hydrogen-bond donors (Lipinski definition) is 1. The smallest absolute Gasteiger partial charge is 0.246 e. The van der Waals surface area contributed by atoms with Crippen LogP contribution in [0.2, 0.25) is 5.02 Å². The fraction of sp³-hybridized carbons (Fsp3) is 0.538. The van der Waals surface area contributed by atoms with Gasteiger partial charge in [-0.05, 0) is 31.9 Å². The summed E-state index contributed by atoms with van der Waals surface area (Å²) in [5, 5.41) is 0.0941. The van der Waals surface area contributed by atoms with Gasteiger partial charge < -0.3 is 10.5 Å². The van der Waals surface area contributed by atoms with Gasteiger partial charge in [0.25, 0.3) is 0 Å². The standard InChI is InChI=1S/C13H18ClFN2O3S/c1-2-20-10-3-5-17(6-4-10)21(18,19)12-8-9(14)7-11(16)13(12)15/h7-8,10H,2-6,16H2,1H3. The molecule has 1 aliphatic rings. The lowest BCUT2D eigenvalue weighted by molar-refractivity contribution is 0.0290. The number of nitrogens with two attached hydrogens (primary N) is 1. The molecule has 1 heterocycles. The Morgan fingerprint density at radius 3 is 2.62 bits per heavy atom. The number of benzene rings is 1. The Kier molecular flexibility index (Phi) is 5.08. The van der Waals surface area contributed by atoms with E-state index in [2.05, 4.69) is 0 Å². The third-order valence-electron chi connectivity index (χ3n) is 3.45. The van der Waals surface area contributed by atoms with Gasteiger partial charge in [-0.25, -0.2) is 12.8 Å². The van der Waals surface area contributed by atoms with Crippen molar-refractivity contribution in [2.45, 2.75) is 30.8 Å². The van der Waals surface area contributed by atoms with E-state index < -0.39 is 20.7 Å². The summed E-state index contributed by atoms with van der Waals surface area (Å²) >= 11 is 5.78. The van der Waals surface area contributed by atoms with Crippen LogP contribution in [0.25, 0.3) is 0 Å². The summed E-state index contributed by atoms with van der Waals surface area (Å²) in [6.45, 7) is 3.07. The maximum atomic E-state index is 14.0. The molecule has 0 spiro atoms. The number of sulfonamides is 1. The van der Waals surface area contributed by atoms with Crippen molar-refractivity contribution in [2.24, 2.45) is 0 Å². The Labute approximate surface area is 128 Å². The third-order valence-corrected chi connectivity index (χ3v) is 5.57. The maximum Gasteiger partial charge on any atom is 0.246 e. The zero-order valence-corrected chi connectivity index (χ0v) is 13.3. The lowest BCUT2D eigenvalue weighted by atomic mass is 10.1. The van der Waals surface area contributed by atoms with Crippen LogP contribution in [0.3, 0.4) is 0 Å². The predicted octanol–water partition coefficient (Wildman–Crippen LogP) is 2.25. The SMILES string of the molecule is CCOC1CCN(S(=O)(=O)c2cc(Cl)cc(N)c2F)CC1. The number of halogens is 2. The molecular formula is C13H18ClFN2O3S. The van der Waals surface area contributed by atoms with E-state index in [1.807, 2.05) is 6.92 Å². The van der Waals surface area contributed by atoms with Gasteiger partial charge in [0, 0.05) is 24.7 Å². The zero-order valence-electron chi connectivity index (χ0n) is 11.7. The van der Waals surface area contributed by atoms with Gasteiger partial charge in [0.05, 0.1) is 11.8 Å². The molecule has 0 aliphatic carbocycles. The number of anilines is 1. The largest absolute Gasteiger partial charge is 0.396 e. The monoisotopic (exact) mass is 336 g/mol. The van der Waals surface area contributed by atoms with Gasteiger partial charge in [0.15, 0.2) is 5.82 Å². The highest BCUT2D eigenvalue weighted by Crippen LogP contribution is 2.29. The molecule has 0 radical (unpaired) electrons. The number of ether oxygens (including phenoxy) is 1. The van der Waals surface area contributed by atoms with Gasteiger partial charge >= 0.3 is 0 Å². The van der Waals surface area contributed by atoms with Gasteiger partial charge in [0.2, 0.25) is 10.0 Å². The van der Waals surface area contributed by atoms with Crippen LogP contribution >= 0.6 is 11.6 Å². The fourth-order valence-corrected chi connectivity index (χ4v) is 4.27. The Morgan fingerprint density at radius 1 is 1.43 bits per heavy atom. The van der Waals surface area contributed by atoms with Crippen LogP contribution in [-0.4, -0.2) is 38.5 Å². The minimum absolute atomic E-state index is 0.0516. The van der Waals surface area contributed by atoms with Crippen LogP contribution in [0.4, 0.5) is 10.1 Å². The second-order valence-corrected chi connectivity index (χ2v) is 7.21. The average molecular weight is 337 g/mol. The highest BCUT2D eigenvalue weighted by molar-refractivity contribution is 7.89. The van der Waals surface area contributed by atoms with Gasteiger partial charge in [-0.2, -0.15) is 4.31 Å². The number of piperidine rings is 1. The molecule has 2 rings (SSSR count). The van der Waals surface area contributed by atoms with E-state index in [1.54, 1.807) is 0 Å². The first-order valence-electron chi connectivity index (χ1n) is 6.72. The van der Waals surface area contributed by atoms with E-state index in [1.165, 1.54) is 10.4 Å². The molecule has 0 aromatic heterocycles. The predicted molar refractivity (Wildman–Crippen MR) is 79.2 cm³/mol. The highest BCUT2D eigenvalue weighted by Gasteiger charge is 2.32. The van der Waals surface area contributed by atoms with Crippen molar-refractivity contribution >= 4 is 27.3 Å². The summed E-state index contributed by atoms with van der Waals surface area (Å²) in [4.78, 5) is -0.470. The minimum atomic E-state index is -3.94. The molecule has 1 aromatic rings. The van der Waals surface area contributed by atoms with E-state index >= 15 is 0 Å². The van der Waals surface area contributed by atoms with E-state index in [0.29, 0.717) is 32.5 Å². The quantitative estimate of drug-likeness (QED) is 0.856. The van der Waals surface area contributed by atoms with E-state index in [-0.39, 0.29) is 16.8 Å². The molecule has 5 nitrogen and oxygen atoms in total. The van der Waals surface area contributed by atoms with Crippen molar-refractivity contribution in [1.82, 2.24) is 4.31 Å². The molecule has 0 amide bonds. The number of rotatable bonds is 4. The van der Waals surface area contributed by atoms with E-state index in [4.69, 9.17) is 22.1 Å². The molecule has 0 atom stereocenters. The van der Waals surface area contributed by atoms with Crippen molar-refractivity contribution < 1.29 is 17.5 Å². The van der Waals surface area contributed by atoms with Crippen LogP contribution in [0.5, 0.6) is 0 Å². The Balaban J connectivity index is 2.24. The zero-order chi connectivity index (χ0) is 15.6. The van der Waals surface area contributed by atoms with Crippen LogP contribution in [-0.2, 0) is 14.8 Å². The summed E-state index contributed by atoms with van der Waals surface area (Å²) in [7, 11) is -3.94. The highest BCUT2D eigenvalue weighted by atomic mass is 35.5. The molecule has 2 N–H and O–H groups in total. The molecule has 21 heavy (non-hydrogen) atoms. The summed E-state index contributed by atoms with van der Waals surface area (Å²) in [5.74, 6) is -0.952. The summed E-state index contributed by atoms with van der Waals surface area (Å²) in [5.41, 5.74) is 5.17. The van der Waals surface area contributed by atoms with Crippen LogP contribution in [0, 0.1) is 5.82 Å². The van der Waals surface area contributed by atoms with E-state index in [0.717, 1.165) is 6.07 Å². The van der Waals surface area contributed by atoms with Crippen molar-refractivity contribution in [2.75, 3.05) is 25.4 Å². The van der Waals surface area contributed by atoms with Crippen LogP contribution in [0.1, 0.15) is 19.8 Å². The van der Waals surface area contributed by atoms with Gasteiger partial charge in [-0.3, -0.25) is 0 Å². The molecule has 118 valence electrons. The molecule has 0 bridgehead atoms. The second-order valence-electron chi connectivity index (χ2n) is 4.87. The normalized spacial score (nSPS) is 18.0. The van der Waals surface area contributed by atoms with Crippen molar-refractivity contribution in [1.29, 1.82) is 0 Å². The maximum absolute atomic E-state index is 14.0. The Hall–Kier alpha value is -0.890. The van der Waals surface area contributed by atoms with Crippen molar-refractivity contribution in [3.63, 3.8) is 0 Å². The van der Waals surface area contributed by atoms with Gasteiger partial charge in [-0.1, -0.05) is 11.6 Å². The number of nitrogens with zero attached hydrogens (tertiary/aromatic N) is 1. The first-order valence-corrected chi connectivity index (χ1v) is 8.54. The number of hydrogen-bond acceptors (Lipinski definition) is 4. The Morgan fingerprint density at radius 2 is 2.05 bits per heavy atom. The Bertz CT molecular complexity index is 616. The lowest BCUT2D eigenvalue weighted by Gasteiger charge is -2.31. The van der Waals surface area contributed by atoms with Crippen LogP contribution < -0.4 is 5.73 Å². The van der Waals surface area contributed by atoms with Crippen molar-refractivity contribution in [3.05, 3.63) is 23.0 Å².